The molecule has 1 fully saturated rings. The zero-order valence-corrected chi connectivity index (χ0v) is 13.3. The smallest absolute Gasteiger partial charge is 0.317 e. The minimum atomic E-state index is -2.96. The number of hydrogen-bond acceptors (Lipinski definition) is 3. The third kappa shape index (κ3) is 4.20. The first kappa shape index (κ1) is 15.8. The summed E-state index contributed by atoms with van der Waals surface area (Å²) in [5.41, 5.74) is 2.31. The Labute approximate surface area is 126 Å². The molecule has 1 atom stereocenters. The summed E-state index contributed by atoms with van der Waals surface area (Å²) in [6.45, 7) is 4.58. The first-order chi connectivity index (χ1) is 9.91. The lowest BCUT2D eigenvalue weighted by Crippen LogP contribution is -2.48. The van der Waals surface area contributed by atoms with Crippen molar-refractivity contribution in [1.82, 2.24) is 10.2 Å². The normalized spacial score (nSPS) is 19.0. The van der Waals surface area contributed by atoms with Gasteiger partial charge in [-0.3, -0.25) is 0 Å². The van der Waals surface area contributed by atoms with Gasteiger partial charge in [0.15, 0.2) is 9.84 Å². The number of sulfone groups is 1. The van der Waals surface area contributed by atoms with Crippen LogP contribution in [0.15, 0.2) is 24.3 Å². The number of carbonyl (C=O) groups excluding carboxylic acids is 1. The van der Waals surface area contributed by atoms with E-state index >= 15 is 0 Å². The molecule has 0 saturated carbocycles. The molecule has 116 valence electrons. The fourth-order valence-electron chi connectivity index (χ4n) is 2.32. The van der Waals surface area contributed by atoms with E-state index in [2.05, 4.69) is 24.4 Å². The molecule has 0 radical (unpaired) electrons. The van der Waals surface area contributed by atoms with Crippen molar-refractivity contribution < 1.29 is 13.2 Å². The molecule has 1 aromatic carbocycles. The number of amides is 2. The van der Waals surface area contributed by atoms with Crippen LogP contribution in [0.4, 0.5) is 4.79 Å². The lowest BCUT2D eigenvalue weighted by atomic mass is 10.1. The minimum Gasteiger partial charge on any atom is -0.331 e. The number of hydrogen-bond donors (Lipinski definition) is 1. The molecular weight excluding hydrogens is 288 g/mol. The van der Waals surface area contributed by atoms with Crippen LogP contribution >= 0.6 is 0 Å². The van der Waals surface area contributed by atoms with Crippen LogP contribution in [-0.4, -0.2) is 43.9 Å². The Morgan fingerprint density at radius 3 is 2.33 bits per heavy atom. The van der Waals surface area contributed by atoms with Crippen molar-refractivity contribution in [2.45, 2.75) is 26.3 Å². The summed E-state index contributed by atoms with van der Waals surface area (Å²) in [6.07, 6.45) is 0.989. The standard InChI is InChI=1S/C15H22N2O3S/c1-3-13-4-6-14(7-5-13)12(2)16-15(18)17-8-10-21(19,20)11-9-17/h4-7,12H,3,8-11H2,1-2H3,(H,16,18). The second kappa shape index (κ2) is 6.47. The van der Waals surface area contributed by atoms with Crippen LogP contribution in [0.5, 0.6) is 0 Å². The van der Waals surface area contributed by atoms with Crippen LogP contribution in [0.25, 0.3) is 0 Å². The molecule has 0 aromatic heterocycles. The zero-order valence-electron chi connectivity index (χ0n) is 12.5. The van der Waals surface area contributed by atoms with Crippen molar-refractivity contribution >= 4 is 15.9 Å². The van der Waals surface area contributed by atoms with Crippen LogP contribution in [-0.2, 0) is 16.3 Å². The number of aryl methyl sites for hydroxylation is 1. The Hall–Kier alpha value is -1.56. The van der Waals surface area contributed by atoms with Crippen molar-refractivity contribution in [3.8, 4) is 0 Å². The predicted molar refractivity (Wildman–Crippen MR) is 83.0 cm³/mol. The van der Waals surface area contributed by atoms with Gasteiger partial charge in [-0.05, 0) is 24.5 Å². The highest BCUT2D eigenvalue weighted by molar-refractivity contribution is 7.91. The molecule has 6 heteroatoms. The molecule has 0 spiro atoms. The second-order valence-corrected chi connectivity index (χ2v) is 7.71. The number of nitrogens with one attached hydrogen (secondary N) is 1. The van der Waals surface area contributed by atoms with E-state index in [1.54, 1.807) is 4.90 Å². The van der Waals surface area contributed by atoms with E-state index in [-0.39, 0.29) is 36.7 Å². The molecule has 1 unspecified atom stereocenters. The van der Waals surface area contributed by atoms with Gasteiger partial charge >= 0.3 is 6.03 Å². The van der Waals surface area contributed by atoms with E-state index in [1.165, 1.54) is 5.56 Å². The van der Waals surface area contributed by atoms with Gasteiger partial charge in [0.1, 0.15) is 0 Å². The number of benzene rings is 1. The molecule has 0 aliphatic carbocycles. The molecule has 1 aromatic rings. The van der Waals surface area contributed by atoms with Crippen molar-refractivity contribution in [2.75, 3.05) is 24.6 Å². The summed E-state index contributed by atoms with van der Waals surface area (Å²) < 4.78 is 22.7. The van der Waals surface area contributed by atoms with Crippen LogP contribution in [0.3, 0.4) is 0 Å². The fourth-order valence-corrected chi connectivity index (χ4v) is 3.52. The quantitative estimate of drug-likeness (QED) is 0.925. The van der Waals surface area contributed by atoms with E-state index in [0.29, 0.717) is 0 Å². The second-order valence-electron chi connectivity index (χ2n) is 5.41. The summed E-state index contributed by atoms with van der Waals surface area (Å²) in [5.74, 6) is 0.111. The van der Waals surface area contributed by atoms with Gasteiger partial charge < -0.3 is 10.2 Å². The largest absolute Gasteiger partial charge is 0.331 e. The van der Waals surface area contributed by atoms with Crippen molar-refractivity contribution in [1.29, 1.82) is 0 Å². The molecule has 0 bridgehead atoms. The zero-order chi connectivity index (χ0) is 15.5. The van der Waals surface area contributed by atoms with E-state index in [9.17, 15) is 13.2 Å². The van der Waals surface area contributed by atoms with Gasteiger partial charge in [-0.2, -0.15) is 0 Å². The van der Waals surface area contributed by atoms with Gasteiger partial charge in [0.2, 0.25) is 0 Å². The highest BCUT2D eigenvalue weighted by atomic mass is 32.2. The maximum atomic E-state index is 12.1. The maximum absolute atomic E-state index is 12.1. The first-order valence-corrected chi connectivity index (χ1v) is 9.08. The van der Waals surface area contributed by atoms with E-state index in [1.807, 2.05) is 19.1 Å². The number of urea groups is 1. The summed E-state index contributed by atoms with van der Waals surface area (Å²) in [4.78, 5) is 13.7. The van der Waals surface area contributed by atoms with Crippen LogP contribution in [0, 0.1) is 0 Å². The van der Waals surface area contributed by atoms with E-state index in [4.69, 9.17) is 0 Å². The van der Waals surface area contributed by atoms with Crippen LogP contribution in [0.2, 0.25) is 0 Å². The lowest BCUT2D eigenvalue weighted by molar-refractivity contribution is 0.199. The molecule has 1 heterocycles. The van der Waals surface area contributed by atoms with Gasteiger partial charge in [-0.15, -0.1) is 0 Å². The topological polar surface area (TPSA) is 66.5 Å². The van der Waals surface area contributed by atoms with Gasteiger partial charge in [0.25, 0.3) is 0 Å². The summed E-state index contributed by atoms with van der Waals surface area (Å²) in [6, 6.07) is 7.87. The summed E-state index contributed by atoms with van der Waals surface area (Å²) in [7, 11) is -2.96. The molecule has 5 nitrogen and oxygen atoms in total. The minimum absolute atomic E-state index is 0.0556. The Balaban J connectivity index is 1.92. The van der Waals surface area contributed by atoms with E-state index < -0.39 is 9.84 Å². The van der Waals surface area contributed by atoms with Gasteiger partial charge in [-0.25, -0.2) is 13.2 Å². The van der Waals surface area contributed by atoms with Gasteiger partial charge in [-0.1, -0.05) is 31.2 Å². The first-order valence-electron chi connectivity index (χ1n) is 7.26. The molecule has 2 rings (SSSR count). The Morgan fingerprint density at radius 1 is 1.24 bits per heavy atom. The highest BCUT2D eigenvalue weighted by Gasteiger charge is 2.25. The van der Waals surface area contributed by atoms with Gasteiger partial charge in [0.05, 0.1) is 17.5 Å². The summed E-state index contributed by atoms with van der Waals surface area (Å²) in [5, 5.41) is 2.92. The fraction of sp³-hybridized carbons (Fsp3) is 0.533. The lowest BCUT2D eigenvalue weighted by Gasteiger charge is -2.28. The number of rotatable bonds is 3. The Bertz CT molecular complexity index is 582. The molecule has 1 aliphatic heterocycles. The molecule has 2 amide bonds. The average molecular weight is 310 g/mol. The number of carbonyl (C=O) groups is 1. The van der Waals surface area contributed by atoms with E-state index in [0.717, 1.165) is 12.0 Å². The van der Waals surface area contributed by atoms with Crippen LogP contribution in [0.1, 0.15) is 31.0 Å². The Kier molecular flexibility index (Phi) is 4.88. The monoisotopic (exact) mass is 310 g/mol. The Morgan fingerprint density at radius 2 is 1.81 bits per heavy atom. The van der Waals surface area contributed by atoms with Crippen molar-refractivity contribution in [3.63, 3.8) is 0 Å². The molecular formula is C15H22N2O3S. The third-order valence-electron chi connectivity index (χ3n) is 3.86. The number of nitrogens with zero attached hydrogens (tertiary/aromatic N) is 1. The van der Waals surface area contributed by atoms with Crippen molar-refractivity contribution in [3.05, 3.63) is 35.4 Å². The molecule has 1 aliphatic rings. The third-order valence-corrected chi connectivity index (χ3v) is 5.47. The van der Waals surface area contributed by atoms with Crippen LogP contribution < -0.4 is 5.32 Å². The molecule has 21 heavy (non-hydrogen) atoms. The molecule has 1 saturated heterocycles. The highest BCUT2D eigenvalue weighted by Crippen LogP contribution is 2.14. The molecule has 1 N–H and O–H groups in total. The SMILES string of the molecule is CCc1ccc(C(C)NC(=O)N2CCS(=O)(=O)CC2)cc1. The predicted octanol–water partition coefficient (Wildman–Crippen LogP) is 1.75. The average Bonchev–Trinajstić information content (AvgIpc) is 2.47. The van der Waals surface area contributed by atoms with Crippen molar-refractivity contribution in [2.24, 2.45) is 0 Å². The maximum Gasteiger partial charge on any atom is 0.317 e. The summed E-state index contributed by atoms with van der Waals surface area (Å²) >= 11 is 0. The van der Waals surface area contributed by atoms with Gasteiger partial charge in [0, 0.05) is 13.1 Å².